The van der Waals surface area contributed by atoms with Crippen molar-refractivity contribution in [3.05, 3.63) is 30.1 Å². The van der Waals surface area contributed by atoms with E-state index in [9.17, 15) is 0 Å². The number of hydrogen-bond donors (Lipinski definition) is 1. The minimum absolute atomic E-state index is 0.706. The van der Waals surface area contributed by atoms with Gasteiger partial charge in [0, 0.05) is 17.9 Å². The molecule has 0 bridgehead atoms. The molecule has 1 atom stereocenters. The number of nitrogens with zero attached hydrogens (tertiary/aromatic N) is 1. The predicted octanol–water partition coefficient (Wildman–Crippen LogP) is 2.01. The summed E-state index contributed by atoms with van der Waals surface area (Å²) in [7, 11) is 2.07. The lowest BCUT2D eigenvalue weighted by Gasteiger charge is -2.14. The van der Waals surface area contributed by atoms with Gasteiger partial charge in [0.05, 0.1) is 0 Å². The van der Waals surface area contributed by atoms with E-state index in [2.05, 4.69) is 29.5 Å². The highest BCUT2D eigenvalue weighted by molar-refractivity contribution is 5.04. The molecule has 2 nitrogen and oxygen atoms in total. The summed E-state index contributed by atoms with van der Waals surface area (Å²) in [4.78, 5) is 4.34. The number of pyridine rings is 1. The fourth-order valence-electron chi connectivity index (χ4n) is 1.96. The maximum atomic E-state index is 4.34. The first-order valence-electron chi connectivity index (χ1n) is 5.47. The Bertz CT molecular complexity index is 267. The van der Waals surface area contributed by atoms with Crippen LogP contribution in [0.3, 0.4) is 0 Å². The third-order valence-corrected chi connectivity index (χ3v) is 3.00. The number of rotatable bonds is 5. The zero-order valence-corrected chi connectivity index (χ0v) is 8.74. The Kier molecular flexibility index (Phi) is 3.14. The highest BCUT2D eigenvalue weighted by Gasteiger charge is 2.29. The molecule has 1 fully saturated rings. The lowest BCUT2D eigenvalue weighted by atomic mass is 10.1. The molecule has 1 aromatic heterocycles. The van der Waals surface area contributed by atoms with Gasteiger partial charge in [-0.05, 0) is 50.8 Å². The van der Waals surface area contributed by atoms with Gasteiger partial charge in [0.1, 0.15) is 0 Å². The molecule has 1 unspecified atom stereocenters. The maximum Gasteiger partial charge on any atom is 0.0404 e. The van der Waals surface area contributed by atoms with Crippen LogP contribution in [-0.2, 0) is 6.42 Å². The molecule has 1 aliphatic rings. The monoisotopic (exact) mass is 190 g/mol. The standard InChI is InChI=1S/C12H18N2/c1-13-12(10-5-6-10)8-7-11-4-2-3-9-14-11/h2-4,9-10,12-13H,5-8H2,1H3. The van der Waals surface area contributed by atoms with Crippen LogP contribution in [0.15, 0.2) is 24.4 Å². The molecule has 76 valence electrons. The molecule has 0 aliphatic heterocycles. The van der Waals surface area contributed by atoms with Gasteiger partial charge in [0.25, 0.3) is 0 Å². The summed E-state index contributed by atoms with van der Waals surface area (Å²) in [5, 5.41) is 3.41. The van der Waals surface area contributed by atoms with Crippen LogP contribution in [0.1, 0.15) is 25.0 Å². The van der Waals surface area contributed by atoms with Crippen LogP contribution >= 0.6 is 0 Å². The predicted molar refractivity (Wildman–Crippen MR) is 58.1 cm³/mol. The largest absolute Gasteiger partial charge is 0.317 e. The van der Waals surface area contributed by atoms with E-state index < -0.39 is 0 Å². The van der Waals surface area contributed by atoms with Crippen molar-refractivity contribution in [2.45, 2.75) is 31.7 Å². The molecule has 0 radical (unpaired) electrons. The molecular formula is C12H18N2. The van der Waals surface area contributed by atoms with E-state index >= 15 is 0 Å². The number of aryl methyl sites for hydroxylation is 1. The molecule has 1 N–H and O–H groups in total. The Morgan fingerprint density at radius 3 is 2.93 bits per heavy atom. The smallest absolute Gasteiger partial charge is 0.0404 e. The van der Waals surface area contributed by atoms with Crippen molar-refractivity contribution in [1.82, 2.24) is 10.3 Å². The minimum Gasteiger partial charge on any atom is -0.317 e. The number of nitrogens with one attached hydrogen (secondary N) is 1. The Balaban J connectivity index is 1.81. The molecule has 1 saturated carbocycles. The fraction of sp³-hybridized carbons (Fsp3) is 0.583. The van der Waals surface area contributed by atoms with Crippen molar-refractivity contribution in [2.24, 2.45) is 5.92 Å². The van der Waals surface area contributed by atoms with Gasteiger partial charge in [-0.2, -0.15) is 0 Å². The Morgan fingerprint density at radius 2 is 2.36 bits per heavy atom. The molecule has 0 aromatic carbocycles. The van der Waals surface area contributed by atoms with Gasteiger partial charge in [-0.3, -0.25) is 4.98 Å². The molecule has 1 aliphatic carbocycles. The van der Waals surface area contributed by atoms with Crippen LogP contribution in [0.2, 0.25) is 0 Å². The van der Waals surface area contributed by atoms with Gasteiger partial charge in [0.15, 0.2) is 0 Å². The van der Waals surface area contributed by atoms with Gasteiger partial charge in [-0.25, -0.2) is 0 Å². The van der Waals surface area contributed by atoms with Crippen molar-refractivity contribution >= 4 is 0 Å². The van der Waals surface area contributed by atoms with E-state index in [1.54, 1.807) is 0 Å². The highest BCUT2D eigenvalue weighted by atomic mass is 14.9. The van der Waals surface area contributed by atoms with E-state index in [0.717, 1.165) is 12.3 Å². The lowest BCUT2D eigenvalue weighted by molar-refractivity contribution is 0.468. The van der Waals surface area contributed by atoms with Crippen LogP contribution in [0, 0.1) is 5.92 Å². The van der Waals surface area contributed by atoms with Crippen molar-refractivity contribution in [1.29, 1.82) is 0 Å². The van der Waals surface area contributed by atoms with Crippen LogP contribution < -0.4 is 5.32 Å². The summed E-state index contributed by atoms with van der Waals surface area (Å²) in [6, 6.07) is 6.85. The van der Waals surface area contributed by atoms with E-state index in [1.165, 1.54) is 25.0 Å². The molecule has 0 saturated heterocycles. The van der Waals surface area contributed by atoms with Crippen LogP contribution in [0.4, 0.5) is 0 Å². The first kappa shape index (κ1) is 9.66. The van der Waals surface area contributed by atoms with Crippen molar-refractivity contribution in [2.75, 3.05) is 7.05 Å². The summed E-state index contributed by atoms with van der Waals surface area (Å²) >= 11 is 0. The normalized spacial score (nSPS) is 18.1. The Morgan fingerprint density at radius 1 is 1.50 bits per heavy atom. The summed E-state index contributed by atoms with van der Waals surface area (Å²) < 4.78 is 0. The van der Waals surface area contributed by atoms with Gasteiger partial charge < -0.3 is 5.32 Å². The molecule has 2 rings (SSSR count). The average molecular weight is 190 g/mol. The Labute approximate surface area is 85.7 Å². The van der Waals surface area contributed by atoms with E-state index in [4.69, 9.17) is 0 Å². The summed E-state index contributed by atoms with van der Waals surface area (Å²) in [5.74, 6) is 0.934. The quantitative estimate of drug-likeness (QED) is 0.768. The summed E-state index contributed by atoms with van der Waals surface area (Å²) in [5.41, 5.74) is 1.22. The molecule has 0 spiro atoms. The van der Waals surface area contributed by atoms with Crippen LogP contribution in [0.5, 0.6) is 0 Å². The van der Waals surface area contributed by atoms with Crippen molar-refractivity contribution in [3.8, 4) is 0 Å². The Hall–Kier alpha value is -0.890. The molecule has 0 amide bonds. The molecule has 1 aromatic rings. The minimum atomic E-state index is 0.706. The van der Waals surface area contributed by atoms with E-state index in [-0.39, 0.29) is 0 Å². The first-order valence-corrected chi connectivity index (χ1v) is 5.47. The number of hydrogen-bond acceptors (Lipinski definition) is 2. The second-order valence-electron chi connectivity index (χ2n) is 4.09. The van der Waals surface area contributed by atoms with Gasteiger partial charge >= 0.3 is 0 Å². The zero-order valence-electron chi connectivity index (χ0n) is 8.74. The van der Waals surface area contributed by atoms with E-state index in [0.29, 0.717) is 6.04 Å². The second kappa shape index (κ2) is 4.56. The molecule has 14 heavy (non-hydrogen) atoms. The maximum absolute atomic E-state index is 4.34. The summed E-state index contributed by atoms with van der Waals surface area (Å²) in [6.45, 7) is 0. The second-order valence-corrected chi connectivity index (χ2v) is 4.09. The molecule has 2 heteroatoms. The average Bonchev–Trinajstić information content (AvgIpc) is 3.05. The molecular weight excluding hydrogens is 172 g/mol. The molecule has 1 heterocycles. The third kappa shape index (κ3) is 2.55. The van der Waals surface area contributed by atoms with Crippen molar-refractivity contribution in [3.63, 3.8) is 0 Å². The summed E-state index contributed by atoms with van der Waals surface area (Å²) in [6.07, 6.45) is 7.02. The van der Waals surface area contributed by atoms with Crippen LogP contribution in [0.25, 0.3) is 0 Å². The van der Waals surface area contributed by atoms with Gasteiger partial charge in [-0.15, -0.1) is 0 Å². The zero-order chi connectivity index (χ0) is 9.80. The third-order valence-electron chi connectivity index (χ3n) is 3.00. The fourth-order valence-corrected chi connectivity index (χ4v) is 1.96. The van der Waals surface area contributed by atoms with E-state index in [1.807, 2.05) is 12.3 Å². The van der Waals surface area contributed by atoms with Gasteiger partial charge in [-0.1, -0.05) is 6.07 Å². The lowest BCUT2D eigenvalue weighted by Crippen LogP contribution is -2.27. The topological polar surface area (TPSA) is 24.9 Å². The highest BCUT2D eigenvalue weighted by Crippen LogP contribution is 2.34. The van der Waals surface area contributed by atoms with Crippen LogP contribution in [-0.4, -0.2) is 18.1 Å². The van der Waals surface area contributed by atoms with Crippen molar-refractivity contribution < 1.29 is 0 Å². The number of aromatic nitrogens is 1. The SMILES string of the molecule is CNC(CCc1ccccn1)C1CC1. The van der Waals surface area contributed by atoms with Gasteiger partial charge in [0.2, 0.25) is 0 Å². The first-order chi connectivity index (χ1) is 6.90.